The Morgan fingerprint density at radius 3 is 2.05 bits per heavy atom. The molecule has 0 bridgehead atoms. The first kappa shape index (κ1) is 17.1. The van der Waals surface area contributed by atoms with Gasteiger partial charge in [0.2, 0.25) is 0 Å². The van der Waals surface area contributed by atoms with Gasteiger partial charge in [0.25, 0.3) is 0 Å². The molecule has 0 aliphatic heterocycles. The molecule has 1 aliphatic rings. The number of hydrogen-bond acceptors (Lipinski definition) is 2. The Hall–Kier alpha value is -1.25. The van der Waals surface area contributed by atoms with E-state index in [4.69, 9.17) is 0 Å². The molecule has 1 fully saturated rings. The standard InChI is InChI=1S/C13H17F6N3/c1-7-8(6-21-22-7)5-20-11-3-9(12(14,15)16)2-10(4-11)13(17,18)19/h6,9-11,20H,2-5H2,1H3,(H,21,22)/t9-,10+,11?. The molecule has 3 nitrogen and oxygen atoms in total. The molecule has 0 spiro atoms. The first-order valence-corrected chi connectivity index (χ1v) is 6.93. The van der Waals surface area contributed by atoms with E-state index >= 15 is 0 Å². The van der Waals surface area contributed by atoms with E-state index in [0.717, 1.165) is 11.3 Å². The summed E-state index contributed by atoms with van der Waals surface area (Å²) in [4.78, 5) is 0. The fraction of sp³-hybridized carbons (Fsp3) is 0.769. The van der Waals surface area contributed by atoms with Crippen molar-refractivity contribution in [2.45, 2.75) is 51.1 Å². The van der Waals surface area contributed by atoms with Crippen molar-refractivity contribution in [1.82, 2.24) is 15.5 Å². The highest BCUT2D eigenvalue weighted by molar-refractivity contribution is 5.14. The number of rotatable bonds is 3. The van der Waals surface area contributed by atoms with Crippen molar-refractivity contribution < 1.29 is 26.3 Å². The van der Waals surface area contributed by atoms with E-state index in [2.05, 4.69) is 15.5 Å². The lowest BCUT2D eigenvalue weighted by atomic mass is 9.77. The van der Waals surface area contributed by atoms with Gasteiger partial charge in [-0.25, -0.2) is 0 Å². The van der Waals surface area contributed by atoms with Crippen LogP contribution in [0, 0.1) is 18.8 Å². The van der Waals surface area contributed by atoms with Gasteiger partial charge in [-0.1, -0.05) is 0 Å². The Balaban J connectivity index is 2.04. The van der Waals surface area contributed by atoms with E-state index in [9.17, 15) is 26.3 Å². The van der Waals surface area contributed by atoms with Gasteiger partial charge < -0.3 is 5.32 Å². The van der Waals surface area contributed by atoms with Crippen molar-refractivity contribution in [2.75, 3.05) is 0 Å². The third-order valence-electron chi connectivity index (χ3n) is 4.15. The van der Waals surface area contributed by atoms with Gasteiger partial charge in [0.15, 0.2) is 0 Å². The first-order valence-electron chi connectivity index (χ1n) is 6.93. The van der Waals surface area contributed by atoms with Crippen LogP contribution in [0.25, 0.3) is 0 Å². The molecule has 22 heavy (non-hydrogen) atoms. The summed E-state index contributed by atoms with van der Waals surface area (Å²) in [5.74, 6) is -3.84. The molecule has 2 N–H and O–H groups in total. The van der Waals surface area contributed by atoms with Crippen LogP contribution < -0.4 is 5.32 Å². The van der Waals surface area contributed by atoms with Crippen LogP contribution in [0.3, 0.4) is 0 Å². The molecule has 0 saturated heterocycles. The van der Waals surface area contributed by atoms with Crippen molar-refractivity contribution in [2.24, 2.45) is 11.8 Å². The molecule has 1 saturated carbocycles. The molecule has 1 aromatic heterocycles. The molecule has 2 rings (SSSR count). The Morgan fingerprint density at radius 1 is 1.09 bits per heavy atom. The number of aromatic nitrogens is 2. The Morgan fingerprint density at radius 2 is 1.64 bits per heavy atom. The van der Waals surface area contributed by atoms with Crippen LogP contribution in [0.15, 0.2) is 6.20 Å². The molecule has 126 valence electrons. The highest BCUT2D eigenvalue weighted by Gasteiger charge is 2.51. The second-order valence-electron chi connectivity index (χ2n) is 5.78. The average Bonchev–Trinajstić information content (AvgIpc) is 2.79. The summed E-state index contributed by atoms with van der Waals surface area (Å²) < 4.78 is 77.1. The van der Waals surface area contributed by atoms with Crippen LogP contribution in [-0.2, 0) is 6.54 Å². The predicted octanol–water partition coefficient (Wildman–Crippen LogP) is 3.72. The topological polar surface area (TPSA) is 40.7 Å². The third kappa shape index (κ3) is 4.15. The van der Waals surface area contributed by atoms with Crippen molar-refractivity contribution >= 4 is 0 Å². The molecule has 1 aliphatic carbocycles. The SMILES string of the molecule is Cc1[nH]ncc1CNC1C[C@@H](C(F)(F)F)C[C@@H](C(F)(F)F)C1. The minimum atomic E-state index is -4.60. The van der Waals surface area contributed by atoms with E-state index in [-0.39, 0.29) is 19.4 Å². The normalized spacial score (nSPS) is 27.1. The van der Waals surface area contributed by atoms with Crippen LogP contribution in [0.2, 0.25) is 0 Å². The fourth-order valence-electron chi connectivity index (χ4n) is 2.83. The molecule has 0 amide bonds. The lowest BCUT2D eigenvalue weighted by Crippen LogP contribution is -2.45. The molecular weight excluding hydrogens is 312 g/mol. The van der Waals surface area contributed by atoms with Crippen molar-refractivity contribution in [3.05, 3.63) is 17.5 Å². The number of alkyl halides is 6. The van der Waals surface area contributed by atoms with Crippen LogP contribution in [0.1, 0.15) is 30.5 Å². The Labute approximate surface area is 123 Å². The molecule has 0 aromatic carbocycles. The Kier molecular flexibility index (Phi) is 4.74. The number of aromatic amines is 1. The average molecular weight is 329 g/mol. The number of nitrogens with one attached hydrogen (secondary N) is 2. The number of hydrogen-bond donors (Lipinski definition) is 2. The van der Waals surface area contributed by atoms with Crippen LogP contribution in [-0.4, -0.2) is 28.6 Å². The number of H-pyrrole nitrogens is 1. The minimum absolute atomic E-state index is 0.197. The van der Waals surface area contributed by atoms with Crippen molar-refractivity contribution in [1.29, 1.82) is 0 Å². The zero-order valence-corrected chi connectivity index (χ0v) is 11.9. The molecular formula is C13H17F6N3. The second kappa shape index (κ2) is 6.10. The summed E-state index contributed by atoms with van der Waals surface area (Å²) in [5.41, 5.74) is 1.47. The van der Waals surface area contributed by atoms with Crippen LogP contribution in [0.5, 0.6) is 0 Å². The Bertz CT molecular complexity index is 471. The highest BCUT2D eigenvalue weighted by Crippen LogP contribution is 2.45. The van der Waals surface area contributed by atoms with Crippen molar-refractivity contribution in [3.63, 3.8) is 0 Å². The quantitative estimate of drug-likeness (QED) is 0.830. The summed E-state index contributed by atoms with van der Waals surface area (Å²) in [6.45, 7) is 1.93. The summed E-state index contributed by atoms with van der Waals surface area (Å²) in [5, 5.41) is 9.25. The molecule has 9 heteroatoms. The summed E-state index contributed by atoms with van der Waals surface area (Å²) >= 11 is 0. The zero-order chi connectivity index (χ0) is 16.5. The molecule has 1 unspecified atom stereocenters. The van der Waals surface area contributed by atoms with E-state index in [1.807, 2.05) is 0 Å². The highest BCUT2D eigenvalue weighted by atomic mass is 19.4. The van der Waals surface area contributed by atoms with Gasteiger partial charge in [-0.2, -0.15) is 31.4 Å². The van der Waals surface area contributed by atoms with Gasteiger partial charge in [-0.05, 0) is 26.2 Å². The third-order valence-corrected chi connectivity index (χ3v) is 4.15. The van der Waals surface area contributed by atoms with Gasteiger partial charge in [0.1, 0.15) is 0 Å². The van der Waals surface area contributed by atoms with E-state index in [1.165, 1.54) is 6.20 Å². The van der Waals surface area contributed by atoms with E-state index < -0.39 is 36.7 Å². The number of nitrogens with zero attached hydrogens (tertiary/aromatic N) is 1. The van der Waals surface area contributed by atoms with Crippen LogP contribution >= 0.6 is 0 Å². The monoisotopic (exact) mass is 329 g/mol. The molecule has 1 heterocycles. The lowest BCUT2D eigenvalue weighted by molar-refractivity contribution is -0.225. The lowest BCUT2D eigenvalue weighted by Gasteiger charge is -2.37. The van der Waals surface area contributed by atoms with E-state index in [1.54, 1.807) is 6.92 Å². The summed E-state index contributed by atoms with van der Waals surface area (Å²) in [7, 11) is 0. The maximum absolute atomic E-state index is 12.8. The largest absolute Gasteiger partial charge is 0.391 e. The van der Waals surface area contributed by atoms with E-state index in [0.29, 0.717) is 0 Å². The van der Waals surface area contributed by atoms with Crippen LogP contribution in [0.4, 0.5) is 26.3 Å². The zero-order valence-electron chi connectivity index (χ0n) is 11.9. The summed E-state index contributed by atoms with van der Waals surface area (Å²) in [6.07, 6.45) is -9.23. The predicted molar refractivity (Wildman–Crippen MR) is 66.9 cm³/mol. The summed E-state index contributed by atoms with van der Waals surface area (Å²) in [6, 6.07) is -0.818. The maximum Gasteiger partial charge on any atom is 0.391 e. The molecule has 0 radical (unpaired) electrons. The number of halogens is 6. The second-order valence-corrected chi connectivity index (χ2v) is 5.78. The van der Waals surface area contributed by atoms with Crippen molar-refractivity contribution in [3.8, 4) is 0 Å². The van der Waals surface area contributed by atoms with Gasteiger partial charge in [0, 0.05) is 23.8 Å². The number of aryl methyl sites for hydroxylation is 1. The molecule has 1 aromatic rings. The minimum Gasteiger partial charge on any atom is -0.310 e. The van der Waals surface area contributed by atoms with Gasteiger partial charge >= 0.3 is 12.4 Å². The fourth-order valence-corrected chi connectivity index (χ4v) is 2.83. The van der Waals surface area contributed by atoms with Gasteiger partial charge in [0.05, 0.1) is 18.0 Å². The maximum atomic E-state index is 12.8. The first-order chi connectivity index (χ1) is 10.1. The molecule has 3 atom stereocenters. The van der Waals surface area contributed by atoms with Gasteiger partial charge in [-0.15, -0.1) is 0 Å². The van der Waals surface area contributed by atoms with Gasteiger partial charge in [-0.3, -0.25) is 5.10 Å². The smallest absolute Gasteiger partial charge is 0.310 e.